The van der Waals surface area contributed by atoms with Crippen molar-refractivity contribution in [3.05, 3.63) is 11.8 Å². The van der Waals surface area contributed by atoms with Crippen LogP contribution in [0.4, 0.5) is 0 Å². The first-order chi connectivity index (χ1) is 6.18. The zero-order valence-corrected chi connectivity index (χ0v) is 7.62. The molecule has 0 atom stereocenters. The van der Waals surface area contributed by atoms with Crippen molar-refractivity contribution in [3.8, 4) is 6.07 Å². The molecule has 0 aromatic carbocycles. The molecule has 4 nitrogen and oxygen atoms in total. The highest BCUT2D eigenvalue weighted by Gasteiger charge is 1.98. The van der Waals surface area contributed by atoms with Gasteiger partial charge in [0.15, 0.2) is 0 Å². The molecule has 0 aliphatic carbocycles. The normalized spacial score (nSPS) is 10.6. The van der Waals surface area contributed by atoms with Crippen LogP contribution in [0.2, 0.25) is 0 Å². The molecule has 0 amide bonds. The van der Waals surface area contributed by atoms with Crippen LogP contribution in [0.5, 0.6) is 0 Å². The Kier molecular flexibility index (Phi) is 6.34. The van der Waals surface area contributed by atoms with Gasteiger partial charge in [-0.25, -0.2) is 4.79 Å². The Morgan fingerprint density at radius 3 is 2.85 bits per heavy atom. The predicted octanol–water partition coefficient (Wildman–Crippen LogP) is 1.69. The highest BCUT2D eigenvalue weighted by atomic mass is 16.5. The maximum absolute atomic E-state index is 10.3. The molecule has 0 saturated heterocycles. The minimum Gasteiger partial charge on any atom is -0.501 e. The quantitative estimate of drug-likeness (QED) is 0.386. The molecule has 0 aliphatic rings. The van der Waals surface area contributed by atoms with Crippen LogP contribution in [0.25, 0.3) is 0 Å². The van der Waals surface area contributed by atoms with Gasteiger partial charge in [0.05, 0.1) is 24.5 Å². The number of hydrogen-bond acceptors (Lipinski definition) is 3. The number of carboxylic acids is 1. The van der Waals surface area contributed by atoms with E-state index in [1.54, 1.807) is 0 Å². The topological polar surface area (TPSA) is 70.3 Å². The summed E-state index contributed by atoms with van der Waals surface area (Å²) < 4.78 is 4.95. The first-order valence-corrected chi connectivity index (χ1v) is 4.07. The Bertz CT molecular complexity index is 228. The minimum atomic E-state index is -0.975. The van der Waals surface area contributed by atoms with E-state index in [0.717, 1.165) is 12.8 Å². The van der Waals surface area contributed by atoms with Gasteiger partial charge in [-0.15, -0.1) is 0 Å². The number of unbranched alkanes of at least 4 members (excludes halogenated alkanes) is 2. The summed E-state index contributed by atoms with van der Waals surface area (Å²) in [5, 5.41) is 16.6. The Balaban J connectivity index is 3.40. The lowest BCUT2D eigenvalue weighted by molar-refractivity contribution is -0.132. The molecule has 0 saturated carbocycles. The molecule has 13 heavy (non-hydrogen) atoms. The lowest BCUT2D eigenvalue weighted by Crippen LogP contribution is -1.97. The molecular formula is C9H13NO3. The maximum Gasteiger partial charge on any atom is 0.334 e. The van der Waals surface area contributed by atoms with Crippen LogP contribution < -0.4 is 0 Å². The number of hydrogen-bond donors (Lipinski definition) is 1. The number of rotatable bonds is 6. The number of ether oxygens (including phenoxy) is 1. The van der Waals surface area contributed by atoms with Crippen molar-refractivity contribution in [2.75, 3.05) is 6.61 Å². The highest BCUT2D eigenvalue weighted by Crippen LogP contribution is 1.97. The summed E-state index contributed by atoms with van der Waals surface area (Å²) in [6, 6.07) is 2.02. The fraction of sp³-hybridized carbons (Fsp3) is 0.556. The average molecular weight is 183 g/mol. The molecule has 72 valence electrons. The zero-order chi connectivity index (χ0) is 10.1. The van der Waals surface area contributed by atoms with Crippen LogP contribution in [-0.2, 0) is 9.53 Å². The smallest absolute Gasteiger partial charge is 0.334 e. The van der Waals surface area contributed by atoms with Crippen LogP contribution >= 0.6 is 0 Å². The second kappa shape index (κ2) is 7.17. The fourth-order valence-electron chi connectivity index (χ4n) is 0.624. The van der Waals surface area contributed by atoms with Crippen LogP contribution in [0.1, 0.15) is 26.2 Å². The SMILES string of the molecule is CC(=COCCCCC#N)C(=O)O. The molecule has 0 unspecified atom stereocenters. The molecule has 0 spiro atoms. The van der Waals surface area contributed by atoms with Gasteiger partial charge in [0.25, 0.3) is 0 Å². The number of carboxylic acid groups (broad SMARTS) is 1. The number of nitrogens with zero attached hydrogens (tertiary/aromatic N) is 1. The second-order valence-electron chi connectivity index (χ2n) is 2.59. The van der Waals surface area contributed by atoms with E-state index in [0.29, 0.717) is 13.0 Å². The van der Waals surface area contributed by atoms with Crippen LogP contribution in [0.15, 0.2) is 11.8 Å². The van der Waals surface area contributed by atoms with Gasteiger partial charge in [-0.2, -0.15) is 5.26 Å². The van der Waals surface area contributed by atoms with E-state index in [-0.39, 0.29) is 5.57 Å². The second-order valence-corrected chi connectivity index (χ2v) is 2.59. The summed E-state index contributed by atoms with van der Waals surface area (Å²) in [6.45, 7) is 1.93. The van der Waals surface area contributed by atoms with Gasteiger partial charge >= 0.3 is 5.97 Å². The Hall–Kier alpha value is -1.50. The molecule has 0 heterocycles. The molecule has 0 aromatic rings. The Morgan fingerprint density at radius 1 is 1.62 bits per heavy atom. The number of nitriles is 1. The van der Waals surface area contributed by atoms with Crippen LogP contribution in [0, 0.1) is 11.3 Å². The van der Waals surface area contributed by atoms with E-state index in [9.17, 15) is 4.79 Å². The molecule has 0 bridgehead atoms. The minimum absolute atomic E-state index is 0.181. The maximum atomic E-state index is 10.3. The fourth-order valence-corrected chi connectivity index (χ4v) is 0.624. The number of aliphatic carboxylic acids is 1. The zero-order valence-electron chi connectivity index (χ0n) is 7.62. The summed E-state index contributed by atoms with van der Waals surface area (Å²) in [7, 11) is 0. The van der Waals surface area contributed by atoms with Crippen molar-refractivity contribution in [1.82, 2.24) is 0 Å². The molecule has 0 aliphatic heterocycles. The van der Waals surface area contributed by atoms with Crippen molar-refractivity contribution in [3.63, 3.8) is 0 Å². The molecule has 0 rings (SSSR count). The largest absolute Gasteiger partial charge is 0.501 e. The van der Waals surface area contributed by atoms with E-state index in [1.807, 2.05) is 6.07 Å². The molecular weight excluding hydrogens is 170 g/mol. The lowest BCUT2D eigenvalue weighted by atomic mass is 10.3. The Morgan fingerprint density at radius 2 is 2.31 bits per heavy atom. The highest BCUT2D eigenvalue weighted by molar-refractivity contribution is 5.85. The van der Waals surface area contributed by atoms with Gasteiger partial charge < -0.3 is 9.84 Å². The third kappa shape index (κ3) is 6.88. The van der Waals surface area contributed by atoms with Crippen molar-refractivity contribution < 1.29 is 14.6 Å². The molecule has 0 fully saturated rings. The van der Waals surface area contributed by atoms with Gasteiger partial charge in [-0.05, 0) is 19.8 Å². The van der Waals surface area contributed by atoms with E-state index in [4.69, 9.17) is 15.1 Å². The molecule has 0 radical (unpaired) electrons. The summed E-state index contributed by atoms with van der Waals surface area (Å²) in [6.07, 6.45) is 3.31. The summed E-state index contributed by atoms with van der Waals surface area (Å²) in [4.78, 5) is 10.3. The van der Waals surface area contributed by atoms with Gasteiger partial charge in [-0.3, -0.25) is 0 Å². The third-order valence-corrected chi connectivity index (χ3v) is 1.40. The first kappa shape index (κ1) is 11.5. The van der Waals surface area contributed by atoms with Crippen molar-refractivity contribution >= 4 is 5.97 Å². The molecule has 1 N–H and O–H groups in total. The monoisotopic (exact) mass is 183 g/mol. The van der Waals surface area contributed by atoms with Crippen LogP contribution in [0.3, 0.4) is 0 Å². The summed E-state index contributed by atoms with van der Waals surface area (Å²) >= 11 is 0. The van der Waals surface area contributed by atoms with Crippen LogP contribution in [-0.4, -0.2) is 17.7 Å². The summed E-state index contributed by atoms with van der Waals surface area (Å²) in [5.41, 5.74) is 0.181. The van der Waals surface area contributed by atoms with E-state index in [2.05, 4.69) is 0 Å². The standard InChI is InChI=1S/C9H13NO3/c1-8(9(11)12)7-13-6-4-2-3-5-10/h7H,2-4,6H2,1H3,(H,11,12). The third-order valence-electron chi connectivity index (χ3n) is 1.40. The molecule has 4 heteroatoms. The number of carbonyl (C=O) groups is 1. The lowest BCUT2D eigenvalue weighted by Gasteiger charge is -1.99. The van der Waals surface area contributed by atoms with Gasteiger partial charge in [-0.1, -0.05) is 0 Å². The van der Waals surface area contributed by atoms with Crippen molar-refractivity contribution in [1.29, 1.82) is 5.26 Å². The molecule has 0 aromatic heterocycles. The van der Waals surface area contributed by atoms with Crippen molar-refractivity contribution in [2.45, 2.75) is 26.2 Å². The van der Waals surface area contributed by atoms with Gasteiger partial charge in [0.1, 0.15) is 0 Å². The average Bonchev–Trinajstić information content (AvgIpc) is 2.10. The van der Waals surface area contributed by atoms with E-state index < -0.39 is 5.97 Å². The van der Waals surface area contributed by atoms with Gasteiger partial charge in [0.2, 0.25) is 0 Å². The predicted molar refractivity (Wildman–Crippen MR) is 46.8 cm³/mol. The van der Waals surface area contributed by atoms with E-state index in [1.165, 1.54) is 13.2 Å². The summed E-state index contributed by atoms with van der Waals surface area (Å²) in [5.74, 6) is -0.975. The van der Waals surface area contributed by atoms with Crippen molar-refractivity contribution in [2.24, 2.45) is 0 Å². The Labute approximate surface area is 77.4 Å². The first-order valence-electron chi connectivity index (χ1n) is 4.07. The van der Waals surface area contributed by atoms with Gasteiger partial charge in [0, 0.05) is 6.42 Å². The van der Waals surface area contributed by atoms with E-state index >= 15 is 0 Å².